The number of piperazine rings is 1. The van der Waals surface area contributed by atoms with E-state index in [1.807, 2.05) is 58.0 Å². The molecule has 0 bridgehead atoms. The summed E-state index contributed by atoms with van der Waals surface area (Å²) in [5.74, 6) is 0. The number of hydrogen-bond donors (Lipinski definition) is 1. The van der Waals surface area contributed by atoms with Crippen molar-refractivity contribution in [3.05, 3.63) is 49.1 Å². The number of nitrogens with zero attached hydrogens (tertiary/aromatic N) is 14. The molecule has 1 N–H and O–H groups in total. The summed E-state index contributed by atoms with van der Waals surface area (Å²) in [7, 11) is 45.1. The van der Waals surface area contributed by atoms with Crippen LogP contribution in [-0.4, -0.2) is 340 Å². The number of hydrogen-bond acceptors (Lipinski definition) is 16. The zero-order valence-electron chi connectivity index (χ0n) is 51.5. The average molecular weight is 992 g/mol. The summed E-state index contributed by atoms with van der Waals surface area (Å²) in [6.07, 6.45) is 0.412. The Morgan fingerprint density at radius 3 is 1.10 bits per heavy atom. The molecule has 0 spiro atoms. The molecule has 0 radical (unpaired) electrons. The standard InChI is InChI=1S/C10H25N3.C10H24N2O.C9H13N.C6H14N2.C5H14N2.C4H12N2O.C4H11N.C3H9N.C2H4/c1-6-12(4)9-10-13(5)8-7-11(2)3;1-6-11(4)10(9-13-8-3)12(5)7-2;1-10(2)8-9-6-4-3-5-7-9;1-7-3-5-8(2)6-4-7;1-6(2)5-7(3)4;1-5(2)4-6(3)7;1-4-5(2)3;1-4(2)3;1-2/h6-10H2,1-5H3;10H,6-9H2,1-5H3;3-7H,8H2,1-2H3;3-6H2,1-2H3;5H2,1-4H3;7H,4H2,1-3H3;4H2,1-3H3;1-3H3;1-2H2. The average Bonchev–Trinajstić information content (AvgIpc) is 3.26. The van der Waals surface area contributed by atoms with E-state index in [4.69, 9.17) is 9.94 Å². The number of ether oxygens (including phenoxy) is 1. The van der Waals surface area contributed by atoms with E-state index < -0.39 is 0 Å². The molecule has 2 rings (SSSR count). The van der Waals surface area contributed by atoms with Crippen LogP contribution in [0, 0.1) is 0 Å². The molecule has 0 atom stereocenters. The number of hydroxylamine groups is 2. The molecule has 1 saturated heterocycles. The lowest BCUT2D eigenvalue weighted by atomic mass is 10.2. The van der Waals surface area contributed by atoms with E-state index in [-0.39, 0.29) is 0 Å². The van der Waals surface area contributed by atoms with Crippen LogP contribution in [0.25, 0.3) is 0 Å². The van der Waals surface area contributed by atoms with E-state index >= 15 is 0 Å². The third kappa shape index (κ3) is 80.7. The number of benzene rings is 1. The smallest absolute Gasteiger partial charge is 0.0858 e. The zero-order chi connectivity index (χ0) is 55.5. The van der Waals surface area contributed by atoms with Crippen molar-refractivity contribution >= 4 is 0 Å². The predicted molar refractivity (Wildman–Crippen MR) is 310 cm³/mol. The van der Waals surface area contributed by atoms with Gasteiger partial charge in [0.05, 0.1) is 19.4 Å². The Labute approximate surface area is 433 Å². The van der Waals surface area contributed by atoms with Crippen LogP contribution in [0.15, 0.2) is 43.5 Å². The molecule has 1 aromatic rings. The SMILES string of the molecule is C=C.CCN(C)C.CCN(C)CCN(C)CCN(C)C.CCOCC(N(C)CC)N(C)CC.CN(C)C.CN(C)CN(C)C.CN(C)CN(C)O.CN(C)Cc1ccccc1.CN1CCN(C)CC1. The molecule has 420 valence electrons. The third-order valence-electron chi connectivity index (χ3n) is 9.57. The van der Waals surface area contributed by atoms with Crippen molar-refractivity contribution in [2.45, 2.75) is 47.3 Å². The van der Waals surface area contributed by atoms with Gasteiger partial charge in [-0.1, -0.05) is 58.0 Å². The normalized spacial score (nSPS) is 12.6. The van der Waals surface area contributed by atoms with Crippen LogP contribution in [-0.2, 0) is 11.3 Å². The molecule has 0 saturated carbocycles. The highest BCUT2D eigenvalue weighted by molar-refractivity contribution is 5.14. The van der Waals surface area contributed by atoms with E-state index in [9.17, 15) is 0 Å². The lowest BCUT2D eigenvalue weighted by molar-refractivity contribution is -0.0929. The van der Waals surface area contributed by atoms with Gasteiger partial charge in [-0.15, -0.1) is 13.2 Å². The highest BCUT2D eigenvalue weighted by Gasteiger charge is 2.17. The molecule has 1 heterocycles. The highest BCUT2D eigenvalue weighted by Crippen LogP contribution is 2.02. The summed E-state index contributed by atoms with van der Waals surface area (Å²) >= 11 is 0. The molecule has 1 fully saturated rings. The van der Waals surface area contributed by atoms with Crippen LogP contribution in [0.2, 0.25) is 0 Å². The minimum Gasteiger partial charge on any atom is -0.379 e. The maximum absolute atomic E-state index is 8.51. The molecule has 69 heavy (non-hydrogen) atoms. The van der Waals surface area contributed by atoms with Gasteiger partial charge >= 0.3 is 0 Å². The van der Waals surface area contributed by atoms with E-state index in [2.05, 4.69) is 232 Å². The van der Waals surface area contributed by atoms with Crippen molar-refractivity contribution in [1.29, 1.82) is 0 Å². The first-order valence-electron chi connectivity index (χ1n) is 25.2. The van der Waals surface area contributed by atoms with Gasteiger partial charge < -0.3 is 49.1 Å². The Morgan fingerprint density at radius 2 is 0.855 bits per heavy atom. The largest absolute Gasteiger partial charge is 0.379 e. The second kappa shape index (κ2) is 58.9. The quantitative estimate of drug-likeness (QED) is 0.105. The summed E-state index contributed by atoms with van der Waals surface area (Å²) in [6.45, 7) is 34.9. The van der Waals surface area contributed by atoms with Crippen molar-refractivity contribution in [3.63, 3.8) is 0 Å². The minimum absolute atomic E-state index is 0.412. The summed E-state index contributed by atoms with van der Waals surface area (Å²) in [5.41, 5.74) is 1.37. The fourth-order valence-corrected chi connectivity index (χ4v) is 5.05. The molecule has 1 aliphatic heterocycles. The lowest BCUT2D eigenvalue weighted by Gasteiger charge is -2.33. The van der Waals surface area contributed by atoms with Crippen LogP contribution in [0.4, 0.5) is 0 Å². The molecular formula is C53H126N14O2. The van der Waals surface area contributed by atoms with E-state index in [0.717, 1.165) is 77.3 Å². The van der Waals surface area contributed by atoms with Crippen molar-refractivity contribution in [2.75, 3.05) is 260 Å². The van der Waals surface area contributed by atoms with Gasteiger partial charge in [0.15, 0.2) is 0 Å². The molecular weight excluding hydrogens is 865 g/mol. The van der Waals surface area contributed by atoms with Gasteiger partial charge in [-0.3, -0.25) is 24.5 Å². The summed E-state index contributed by atoms with van der Waals surface area (Å²) in [4.78, 5) is 28.7. The minimum atomic E-state index is 0.412. The van der Waals surface area contributed by atoms with E-state index in [0.29, 0.717) is 12.8 Å². The van der Waals surface area contributed by atoms with E-state index in [1.165, 1.54) is 38.3 Å². The summed E-state index contributed by atoms with van der Waals surface area (Å²) in [6, 6.07) is 10.5. The third-order valence-corrected chi connectivity index (χ3v) is 9.57. The topological polar surface area (TPSA) is 74.8 Å². The van der Waals surface area contributed by atoms with Gasteiger partial charge in [-0.2, -0.15) is 5.06 Å². The summed E-state index contributed by atoms with van der Waals surface area (Å²) < 4.78 is 5.46. The van der Waals surface area contributed by atoms with Gasteiger partial charge in [0.25, 0.3) is 0 Å². The predicted octanol–water partition coefficient (Wildman–Crippen LogP) is 4.74. The first-order valence-corrected chi connectivity index (χ1v) is 25.2. The van der Waals surface area contributed by atoms with Crippen molar-refractivity contribution in [1.82, 2.24) is 68.8 Å². The molecule has 0 unspecified atom stereocenters. The zero-order valence-corrected chi connectivity index (χ0v) is 51.5. The Hall–Kier alpha value is -1.68. The van der Waals surface area contributed by atoms with Crippen LogP contribution >= 0.6 is 0 Å². The van der Waals surface area contributed by atoms with Crippen LogP contribution in [0.5, 0.6) is 0 Å². The Bertz CT molecular complexity index is 1020. The van der Waals surface area contributed by atoms with Crippen molar-refractivity contribution in [2.24, 2.45) is 0 Å². The van der Waals surface area contributed by atoms with Crippen molar-refractivity contribution < 1.29 is 9.94 Å². The second-order valence-electron chi connectivity index (χ2n) is 19.5. The first kappa shape index (κ1) is 81.4. The molecule has 0 aromatic heterocycles. The Morgan fingerprint density at radius 1 is 0.493 bits per heavy atom. The molecule has 1 aliphatic rings. The maximum atomic E-state index is 8.51. The highest BCUT2D eigenvalue weighted by atomic mass is 16.5. The van der Waals surface area contributed by atoms with Gasteiger partial charge in [-0.25, -0.2) is 0 Å². The molecule has 0 amide bonds. The number of rotatable bonds is 21. The number of likely N-dealkylation sites (N-methyl/N-ethyl adjacent to an activating group) is 7. The van der Waals surface area contributed by atoms with Crippen LogP contribution < -0.4 is 0 Å². The maximum Gasteiger partial charge on any atom is 0.0858 e. The Kier molecular flexibility index (Phi) is 69.5. The van der Waals surface area contributed by atoms with E-state index in [1.54, 1.807) is 7.05 Å². The Balaban J connectivity index is -0.000000130. The molecule has 0 aliphatic carbocycles. The second-order valence-corrected chi connectivity index (χ2v) is 19.5. The van der Waals surface area contributed by atoms with Crippen LogP contribution in [0.1, 0.15) is 40.2 Å². The molecule has 16 nitrogen and oxygen atoms in total. The van der Waals surface area contributed by atoms with Gasteiger partial charge in [-0.05, 0) is 187 Å². The van der Waals surface area contributed by atoms with Crippen molar-refractivity contribution in [3.8, 4) is 0 Å². The van der Waals surface area contributed by atoms with Crippen LogP contribution in [0.3, 0.4) is 0 Å². The van der Waals surface area contributed by atoms with Gasteiger partial charge in [0.2, 0.25) is 0 Å². The fraction of sp³-hybridized carbons (Fsp3) is 0.849. The van der Waals surface area contributed by atoms with Gasteiger partial charge in [0.1, 0.15) is 0 Å². The molecule has 16 heteroatoms. The lowest BCUT2D eigenvalue weighted by Crippen LogP contribution is -2.47. The first-order chi connectivity index (χ1) is 32.1. The summed E-state index contributed by atoms with van der Waals surface area (Å²) in [5, 5.41) is 9.64. The fourth-order valence-electron chi connectivity index (χ4n) is 5.05. The molecule has 1 aromatic carbocycles. The van der Waals surface area contributed by atoms with Gasteiger partial charge in [0, 0.05) is 79.2 Å². The monoisotopic (exact) mass is 991 g/mol.